The third-order valence-corrected chi connectivity index (χ3v) is 3.51. The summed E-state index contributed by atoms with van der Waals surface area (Å²) >= 11 is 0. The highest BCUT2D eigenvalue weighted by Crippen LogP contribution is 2.31. The monoisotopic (exact) mass is 342 g/mol. The van der Waals surface area contributed by atoms with Crippen LogP contribution in [0.1, 0.15) is 0 Å². The van der Waals surface area contributed by atoms with Gasteiger partial charge in [-0.2, -0.15) is 0 Å². The van der Waals surface area contributed by atoms with Gasteiger partial charge in [0.15, 0.2) is 5.75 Å². The number of hydrogen-bond donors (Lipinski definition) is 2. The lowest BCUT2D eigenvalue weighted by molar-refractivity contribution is -0.137. The van der Waals surface area contributed by atoms with E-state index in [1.54, 1.807) is 30.3 Å². The van der Waals surface area contributed by atoms with Crippen LogP contribution in [-0.4, -0.2) is 35.0 Å². The molecule has 0 bridgehead atoms. The fourth-order valence-electron chi connectivity index (χ4n) is 2.37. The van der Waals surface area contributed by atoms with Crippen molar-refractivity contribution in [3.63, 3.8) is 0 Å². The van der Waals surface area contributed by atoms with Gasteiger partial charge in [0.05, 0.1) is 18.8 Å². The van der Waals surface area contributed by atoms with Crippen molar-refractivity contribution < 1.29 is 23.8 Å². The summed E-state index contributed by atoms with van der Waals surface area (Å²) in [6, 6.07) is 12.5. The van der Waals surface area contributed by atoms with Gasteiger partial charge in [-0.25, -0.2) is 4.39 Å². The minimum absolute atomic E-state index is 0.0687. The number of amides is 2. The van der Waals surface area contributed by atoms with Crippen molar-refractivity contribution in [2.75, 3.05) is 18.5 Å². The van der Waals surface area contributed by atoms with E-state index in [2.05, 4.69) is 5.32 Å². The molecule has 0 aromatic heterocycles. The molecular formula is C18H15FN2O4. The first-order valence-electron chi connectivity index (χ1n) is 7.56. The van der Waals surface area contributed by atoms with Gasteiger partial charge in [0.25, 0.3) is 11.8 Å². The first-order valence-corrected chi connectivity index (χ1v) is 7.56. The average molecular weight is 342 g/mol. The second-order valence-electron chi connectivity index (χ2n) is 5.26. The topological polar surface area (TPSA) is 78.9 Å². The molecule has 25 heavy (non-hydrogen) atoms. The molecule has 1 aliphatic heterocycles. The number of rotatable bonds is 6. The number of benzene rings is 2. The van der Waals surface area contributed by atoms with Gasteiger partial charge >= 0.3 is 0 Å². The van der Waals surface area contributed by atoms with Crippen LogP contribution in [0, 0.1) is 5.82 Å². The van der Waals surface area contributed by atoms with E-state index in [-0.39, 0.29) is 18.8 Å². The zero-order chi connectivity index (χ0) is 17.8. The number of hydrogen-bond acceptors (Lipinski definition) is 5. The maximum absolute atomic E-state index is 13.3. The van der Waals surface area contributed by atoms with Crippen LogP contribution < -0.4 is 10.1 Å². The maximum atomic E-state index is 13.3. The van der Waals surface area contributed by atoms with Crippen LogP contribution in [0.3, 0.4) is 0 Å². The molecule has 0 spiro atoms. The van der Waals surface area contributed by atoms with Gasteiger partial charge in [-0.3, -0.25) is 14.5 Å². The van der Waals surface area contributed by atoms with Crippen LogP contribution in [0.15, 0.2) is 60.3 Å². The molecule has 0 fully saturated rings. The highest BCUT2D eigenvalue weighted by atomic mass is 19.1. The summed E-state index contributed by atoms with van der Waals surface area (Å²) in [6.45, 7) is -0.376. The van der Waals surface area contributed by atoms with Gasteiger partial charge < -0.3 is 15.2 Å². The number of aliphatic hydroxyl groups is 1. The van der Waals surface area contributed by atoms with E-state index in [4.69, 9.17) is 9.84 Å². The van der Waals surface area contributed by atoms with Crippen LogP contribution >= 0.6 is 0 Å². The van der Waals surface area contributed by atoms with Crippen LogP contribution in [0.2, 0.25) is 0 Å². The Bertz CT molecular complexity index is 850. The second-order valence-corrected chi connectivity index (χ2v) is 5.26. The molecule has 2 N–H and O–H groups in total. The molecule has 0 unspecified atom stereocenters. The summed E-state index contributed by atoms with van der Waals surface area (Å²) in [5.74, 6) is -0.777. The lowest BCUT2D eigenvalue weighted by Crippen LogP contribution is -2.34. The summed E-state index contributed by atoms with van der Waals surface area (Å²) in [4.78, 5) is 24.9. The van der Waals surface area contributed by atoms with Crippen molar-refractivity contribution in [2.24, 2.45) is 0 Å². The van der Waals surface area contributed by atoms with Crippen molar-refractivity contribution in [2.45, 2.75) is 0 Å². The molecule has 1 aliphatic rings. The Balaban J connectivity index is 1.81. The summed E-state index contributed by atoms with van der Waals surface area (Å²) < 4.78 is 19.0. The maximum Gasteiger partial charge on any atom is 0.277 e. The molecule has 0 radical (unpaired) electrons. The van der Waals surface area contributed by atoms with E-state index in [0.717, 1.165) is 11.0 Å². The molecule has 7 heteroatoms. The molecule has 2 aromatic carbocycles. The Kier molecular flexibility index (Phi) is 4.76. The van der Waals surface area contributed by atoms with Gasteiger partial charge in [0.1, 0.15) is 17.3 Å². The van der Waals surface area contributed by atoms with E-state index in [1.807, 2.05) is 0 Å². The Morgan fingerprint density at radius 3 is 2.68 bits per heavy atom. The summed E-state index contributed by atoms with van der Waals surface area (Å²) in [5, 5.41) is 11.8. The first kappa shape index (κ1) is 16.7. The van der Waals surface area contributed by atoms with Gasteiger partial charge in [0, 0.05) is 12.1 Å². The van der Waals surface area contributed by atoms with E-state index < -0.39 is 17.6 Å². The van der Waals surface area contributed by atoms with Crippen molar-refractivity contribution in [1.82, 2.24) is 4.90 Å². The zero-order valence-electron chi connectivity index (χ0n) is 13.1. The summed E-state index contributed by atoms with van der Waals surface area (Å²) in [5.41, 5.74) is 0.527. The number of β-amino-alcohol motifs (C(OH)–C–C–N with tert-alkyl or cyclic N) is 1. The fourth-order valence-corrected chi connectivity index (χ4v) is 2.37. The molecule has 2 aromatic rings. The number of carbonyl (C=O) groups is 2. The number of imide groups is 1. The Morgan fingerprint density at radius 2 is 1.92 bits per heavy atom. The zero-order valence-corrected chi connectivity index (χ0v) is 13.1. The number of para-hydroxylation sites is 2. The van der Waals surface area contributed by atoms with Crippen LogP contribution in [-0.2, 0) is 9.59 Å². The van der Waals surface area contributed by atoms with Crippen LogP contribution in [0.5, 0.6) is 11.5 Å². The average Bonchev–Trinajstić information content (AvgIpc) is 2.85. The highest BCUT2D eigenvalue weighted by molar-refractivity contribution is 6.17. The number of aliphatic hydroxyl groups excluding tert-OH is 1. The summed E-state index contributed by atoms with van der Waals surface area (Å²) in [6.07, 6.45) is 1.16. The number of ether oxygens (including phenoxy) is 1. The second kappa shape index (κ2) is 7.14. The Labute approximate surface area is 143 Å². The quantitative estimate of drug-likeness (QED) is 0.788. The SMILES string of the molecule is O=C1C=C(Nc2ccccc2Oc2cccc(F)c2)C(=O)N1CCO. The molecule has 128 valence electrons. The van der Waals surface area contributed by atoms with Crippen molar-refractivity contribution in [3.8, 4) is 11.5 Å². The fraction of sp³-hybridized carbons (Fsp3) is 0.111. The van der Waals surface area contributed by atoms with E-state index in [0.29, 0.717) is 17.2 Å². The molecular weight excluding hydrogens is 327 g/mol. The van der Waals surface area contributed by atoms with Crippen molar-refractivity contribution in [3.05, 3.63) is 66.1 Å². The number of carbonyl (C=O) groups excluding carboxylic acids is 2. The largest absolute Gasteiger partial charge is 0.455 e. The molecule has 0 saturated carbocycles. The van der Waals surface area contributed by atoms with Crippen LogP contribution in [0.4, 0.5) is 10.1 Å². The third kappa shape index (κ3) is 3.67. The number of nitrogens with one attached hydrogen (secondary N) is 1. The predicted molar refractivity (Wildman–Crippen MR) is 88.4 cm³/mol. The third-order valence-electron chi connectivity index (χ3n) is 3.51. The van der Waals surface area contributed by atoms with Crippen LogP contribution in [0.25, 0.3) is 0 Å². The molecule has 3 rings (SSSR count). The molecule has 0 saturated heterocycles. The Morgan fingerprint density at radius 1 is 1.12 bits per heavy atom. The molecule has 1 heterocycles. The Hall–Kier alpha value is -3.19. The lowest BCUT2D eigenvalue weighted by atomic mass is 10.2. The number of anilines is 1. The minimum atomic E-state index is -0.528. The standard InChI is InChI=1S/C18H15FN2O4/c19-12-4-3-5-13(10-12)25-16-7-2-1-6-14(16)20-15-11-17(23)21(8-9-22)18(15)24/h1-7,10-11,20,22H,8-9H2. The smallest absolute Gasteiger partial charge is 0.277 e. The first-order chi connectivity index (χ1) is 12.1. The molecule has 6 nitrogen and oxygen atoms in total. The van der Waals surface area contributed by atoms with Gasteiger partial charge in [-0.1, -0.05) is 18.2 Å². The van der Waals surface area contributed by atoms with Crippen molar-refractivity contribution >= 4 is 17.5 Å². The predicted octanol–water partition coefficient (Wildman–Crippen LogP) is 2.27. The molecule has 2 amide bonds. The van der Waals surface area contributed by atoms with Gasteiger partial charge in [-0.15, -0.1) is 0 Å². The van der Waals surface area contributed by atoms with Gasteiger partial charge in [0.2, 0.25) is 0 Å². The highest BCUT2D eigenvalue weighted by Gasteiger charge is 2.31. The van der Waals surface area contributed by atoms with Gasteiger partial charge in [-0.05, 0) is 24.3 Å². The lowest BCUT2D eigenvalue weighted by Gasteiger charge is -2.15. The normalized spacial score (nSPS) is 13.8. The van der Waals surface area contributed by atoms with E-state index >= 15 is 0 Å². The molecule has 0 aliphatic carbocycles. The number of halogens is 1. The van der Waals surface area contributed by atoms with E-state index in [9.17, 15) is 14.0 Å². The van der Waals surface area contributed by atoms with Crippen molar-refractivity contribution in [1.29, 1.82) is 0 Å². The van der Waals surface area contributed by atoms with E-state index in [1.165, 1.54) is 18.2 Å². The molecule has 0 atom stereocenters. The minimum Gasteiger partial charge on any atom is -0.455 e. The summed E-state index contributed by atoms with van der Waals surface area (Å²) in [7, 11) is 0. The number of nitrogens with zero attached hydrogens (tertiary/aromatic N) is 1.